The summed E-state index contributed by atoms with van der Waals surface area (Å²) in [5.74, 6) is 0. The summed E-state index contributed by atoms with van der Waals surface area (Å²) in [5, 5.41) is 14.5. The number of hydrogen-bond acceptors (Lipinski definition) is 4. The first kappa shape index (κ1) is 30.4. The summed E-state index contributed by atoms with van der Waals surface area (Å²) in [6.07, 6.45) is 8.77. The second-order valence-corrected chi connectivity index (χ2v) is 10.7. The van der Waals surface area contributed by atoms with E-state index in [1.807, 2.05) is 0 Å². The van der Waals surface area contributed by atoms with E-state index in [2.05, 4.69) is 130 Å². The van der Waals surface area contributed by atoms with Gasteiger partial charge in [0.2, 0.25) is 0 Å². The molecule has 0 amide bonds. The summed E-state index contributed by atoms with van der Waals surface area (Å²) >= 11 is 0. The van der Waals surface area contributed by atoms with Crippen molar-refractivity contribution < 1.29 is 0 Å². The molecule has 0 unspecified atom stereocenters. The minimum Gasteiger partial charge on any atom is -0.384 e. The zero-order valence-corrected chi connectivity index (χ0v) is 24.6. The fourth-order valence-electron chi connectivity index (χ4n) is 5.17. The molecule has 4 rings (SSSR count). The smallest absolute Gasteiger partial charge is 0.0419 e. The van der Waals surface area contributed by atoms with Gasteiger partial charge in [0.1, 0.15) is 0 Å². The van der Waals surface area contributed by atoms with Crippen LogP contribution in [0.5, 0.6) is 0 Å². The van der Waals surface area contributed by atoms with Crippen molar-refractivity contribution in [1.82, 2.24) is 10.6 Å². The Labute approximate surface area is 248 Å². The standard InChI is InChI=1S/C37H48N4/c1(2-14-26-38-28-16-30-40-36-24-12-10-22-34(36)32-18-6-4-7-19-32)3-15-27-39-29-17-31-41-37-25-13-11-23-35(37)33-20-8-5-9-21-33/h4-13,18-25,38-41H,1-3,14-17,26-31H2. The van der Waals surface area contributed by atoms with Crippen molar-refractivity contribution in [2.45, 2.75) is 44.9 Å². The average Bonchev–Trinajstić information content (AvgIpc) is 3.04. The molecule has 41 heavy (non-hydrogen) atoms. The highest BCUT2D eigenvalue weighted by atomic mass is 14.9. The van der Waals surface area contributed by atoms with Gasteiger partial charge in [-0.3, -0.25) is 0 Å². The molecule has 4 aromatic carbocycles. The minimum atomic E-state index is 0.987. The summed E-state index contributed by atoms with van der Waals surface area (Å²) < 4.78 is 0. The summed E-state index contributed by atoms with van der Waals surface area (Å²) in [5.41, 5.74) is 7.50. The first-order chi connectivity index (χ1) is 20.4. The van der Waals surface area contributed by atoms with E-state index >= 15 is 0 Å². The fourth-order valence-corrected chi connectivity index (χ4v) is 5.17. The SMILES string of the molecule is c1ccc(-c2ccccc2NCCCNCCCCCCCNCCCNc2ccccc2-c2ccccc2)cc1. The second-order valence-electron chi connectivity index (χ2n) is 10.7. The molecule has 0 heterocycles. The number of anilines is 2. The Morgan fingerprint density at radius 3 is 1.15 bits per heavy atom. The molecular formula is C37H48N4. The molecule has 4 N–H and O–H groups in total. The van der Waals surface area contributed by atoms with Gasteiger partial charge in [0.05, 0.1) is 0 Å². The van der Waals surface area contributed by atoms with E-state index in [1.54, 1.807) is 0 Å². The third kappa shape index (κ3) is 11.1. The van der Waals surface area contributed by atoms with E-state index in [4.69, 9.17) is 0 Å². The molecule has 0 atom stereocenters. The lowest BCUT2D eigenvalue weighted by molar-refractivity contribution is 0.552. The van der Waals surface area contributed by atoms with E-state index in [0.29, 0.717) is 0 Å². The molecule has 4 nitrogen and oxygen atoms in total. The quantitative estimate of drug-likeness (QED) is 0.0837. The van der Waals surface area contributed by atoms with Crippen molar-refractivity contribution in [2.24, 2.45) is 0 Å². The van der Waals surface area contributed by atoms with Gasteiger partial charge in [-0.15, -0.1) is 0 Å². The normalized spacial score (nSPS) is 10.9. The molecule has 0 aliphatic rings. The predicted octanol–water partition coefficient (Wildman–Crippen LogP) is 8.45. The first-order valence-electron chi connectivity index (χ1n) is 15.6. The van der Waals surface area contributed by atoms with Gasteiger partial charge in [-0.1, -0.05) is 116 Å². The Hall–Kier alpha value is -3.60. The van der Waals surface area contributed by atoms with E-state index < -0.39 is 0 Å². The lowest BCUT2D eigenvalue weighted by Gasteiger charge is -2.12. The van der Waals surface area contributed by atoms with Gasteiger partial charge in [-0.2, -0.15) is 0 Å². The Kier molecular flexibility index (Phi) is 13.8. The first-order valence-corrected chi connectivity index (χ1v) is 15.6. The lowest BCUT2D eigenvalue weighted by Crippen LogP contribution is -2.20. The van der Waals surface area contributed by atoms with Crippen molar-refractivity contribution in [3.63, 3.8) is 0 Å². The topological polar surface area (TPSA) is 48.1 Å². The van der Waals surface area contributed by atoms with Gasteiger partial charge >= 0.3 is 0 Å². The van der Waals surface area contributed by atoms with E-state index in [1.165, 1.54) is 65.7 Å². The molecule has 0 aromatic heterocycles. The van der Waals surface area contributed by atoms with Crippen LogP contribution in [0.25, 0.3) is 22.3 Å². The van der Waals surface area contributed by atoms with E-state index in [-0.39, 0.29) is 0 Å². The van der Waals surface area contributed by atoms with Crippen LogP contribution < -0.4 is 21.3 Å². The number of benzene rings is 4. The third-order valence-corrected chi connectivity index (χ3v) is 7.42. The van der Waals surface area contributed by atoms with Crippen molar-refractivity contribution in [3.8, 4) is 22.3 Å². The molecule has 0 saturated carbocycles. The summed E-state index contributed by atoms with van der Waals surface area (Å²) in [6, 6.07) is 38.4. The zero-order valence-electron chi connectivity index (χ0n) is 24.6. The van der Waals surface area contributed by atoms with Crippen LogP contribution >= 0.6 is 0 Å². The van der Waals surface area contributed by atoms with Gasteiger partial charge in [-0.05, 0) is 75.1 Å². The Bertz CT molecular complexity index is 1130. The van der Waals surface area contributed by atoms with Gasteiger partial charge in [-0.25, -0.2) is 0 Å². The van der Waals surface area contributed by atoms with Crippen molar-refractivity contribution in [1.29, 1.82) is 0 Å². The molecule has 0 radical (unpaired) electrons. The number of hydrogen-bond donors (Lipinski definition) is 4. The maximum atomic E-state index is 3.62. The van der Waals surface area contributed by atoms with Crippen LogP contribution in [0.15, 0.2) is 109 Å². The molecule has 0 saturated heterocycles. The minimum absolute atomic E-state index is 0.987. The molecule has 0 fully saturated rings. The van der Waals surface area contributed by atoms with E-state index in [9.17, 15) is 0 Å². The summed E-state index contributed by atoms with van der Waals surface area (Å²) in [7, 11) is 0. The largest absolute Gasteiger partial charge is 0.384 e. The van der Waals surface area contributed by atoms with Crippen LogP contribution in [-0.2, 0) is 0 Å². The Morgan fingerprint density at radius 2 is 0.683 bits per heavy atom. The van der Waals surface area contributed by atoms with Gasteiger partial charge in [0.15, 0.2) is 0 Å². The zero-order chi connectivity index (χ0) is 28.2. The maximum Gasteiger partial charge on any atom is 0.0419 e. The number of unbranched alkanes of at least 4 members (excludes halogenated alkanes) is 4. The van der Waals surface area contributed by atoms with Crippen molar-refractivity contribution >= 4 is 11.4 Å². The molecule has 0 bridgehead atoms. The fraction of sp³-hybridized carbons (Fsp3) is 0.351. The van der Waals surface area contributed by atoms with Crippen molar-refractivity contribution in [3.05, 3.63) is 109 Å². The average molecular weight is 549 g/mol. The molecule has 0 aliphatic heterocycles. The highest BCUT2D eigenvalue weighted by molar-refractivity contribution is 5.78. The van der Waals surface area contributed by atoms with E-state index in [0.717, 1.165) is 52.1 Å². The Balaban J connectivity index is 0.936. The van der Waals surface area contributed by atoms with Gasteiger partial charge in [0.25, 0.3) is 0 Å². The van der Waals surface area contributed by atoms with Crippen LogP contribution in [-0.4, -0.2) is 39.3 Å². The van der Waals surface area contributed by atoms with Crippen LogP contribution in [0.4, 0.5) is 11.4 Å². The molecule has 4 aromatic rings. The van der Waals surface area contributed by atoms with Crippen LogP contribution in [0.3, 0.4) is 0 Å². The molecule has 4 heteroatoms. The van der Waals surface area contributed by atoms with Gasteiger partial charge in [0, 0.05) is 35.6 Å². The maximum absolute atomic E-state index is 3.62. The molecule has 0 aliphatic carbocycles. The highest BCUT2D eigenvalue weighted by Gasteiger charge is 2.04. The predicted molar refractivity (Wildman–Crippen MR) is 179 cm³/mol. The van der Waals surface area contributed by atoms with Crippen molar-refractivity contribution in [2.75, 3.05) is 49.9 Å². The van der Waals surface area contributed by atoms with Crippen LogP contribution in [0.2, 0.25) is 0 Å². The highest BCUT2D eigenvalue weighted by Crippen LogP contribution is 2.28. The van der Waals surface area contributed by atoms with Crippen LogP contribution in [0, 0.1) is 0 Å². The lowest BCUT2D eigenvalue weighted by atomic mass is 10.0. The molecule has 0 spiro atoms. The number of nitrogens with one attached hydrogen (secondary N) is 4. The Morgan fingerprint density at radius 1 is 0.317 bits per heavy atom. The molecule has 216 valence electrons. The van der Waals surface area contributed by atoms with Crippen LogP contribution in [0.1, 0.15) is 44.9 Å². The third-order valence-electron chi connectivity index (χ3n) is 7.42. The number of rotatable bonds is 20. The summed E-state index contributed by atoms with van der Waals surface area (Å²) in [6.45, 7) is 6.36. The second kappa shape index (κ2) is 18.7. The number of para-hydroxylation sites is 2. The monoisotopic (exact) mass is 548 g/mol. The summed E-state index contributed by atoms with van der Waals surface area (Å²) in [4.78, 5) is 0. The van der Waals surface area contributed by atoms with Gasteiger partial charge < -0.3 is 21.3 Å². The molecular weight excluding hydrogens is 500 g/mol.